The summed E-state index contributed by atoms with van der Waals surface area (Å²) in [6.07, 6.45) is 3.35. The molecule has 0 unspecified atom stereocenters. The van der Waals surface area contributed by atoms with Gasteiger partial charge in [-0.2, -0.15) is 10.1 Å². The maximum Gasteiger partial charge on any atom is 0.283 e. The third-order valence-electron chi connectivity index (χ3n) is 4.50. The SMILES string of the molecule is COc1ccc2[nH]c(=O)ccc2c1-n1ncc(C(=O)N=C(N)N)c1C1CC1. The molecule has 2 heterocycles. The molecule has 0 atom stereocenters. The Labute approximate surface area is 153 Å². The molecule has 0 radical (unpaired) electrons. The number of methoxy groups -OCH3 is 1. The number of carbonyl (C=O) groups is 1. The van der Waals surface area contributed by atoms with Gasteiger partial charge < -0.3 is 21.2 Å². The van der Waals surface area contributed by atoms with E-state index in [9.17, 15) is 9.59 Å². The molecule has 0 bridgehead atoms. The van der Waals surface area contributed by atoms with E-state index < -0.39 is 5.91 Å². The molecule has 1 fully saturated rings. The van der Waals surface area contributed by atoms with Gasteiger partial charge in [0.2, 0.25) is 5.56 Å². The van der Waals surface area contributed by atoms with Gasteiger partial charge in [0.25, 0.3) is 5.91 Å². The van der Waals surface area contributed by atoms with Crippen molar-refractivity contribution in [1.82, 2.24) is 14.8 Å². The predicted molar refractivity (Wildman–Crippen MR) is 100 cm³/mol. The number of aromatic amines is 1. The molecule has 4 rings (SSSR count). The zero-order chi connectivity index (χ0) is 19.1. The Hall–Kier alpha value is -3.62. The summed E-state index contributed by atoms with van der Waals surface area (Å²) in [5.41, 5.74) is 12.9. The highest BCUT2D eigenvalue weighted by Gasteiger charge is 2.34. The number of aromatic nitrogens is 3. The average molecular weight is 366 g/mol. The van der Waals surface area contributed by atoms with E-state index in [1.807, 2.05) is 0 Å². The van der Waals surface area contributed by atoms with Gasteiger partial charge >= 0.3 is 0 Å². The standard InChI is InChI=1S/C18H18N6O3/c1-27-13-6-5-12-10(4-7-14(25)22-12)16(13)24-15(9-2-3-9)11(8-21-24)17(26)23-18(19)20/h4-9H,2-3H2,1H3,(H,22,25)(H4,19,20,23,26). The number of rotatable bonds is 4. The highest BCUT2D eigenvalue weighted by Crippen LogP contribution is 2.44. The number of hydrogen-bond acceptors (Lipinski definition) is 4. The second-order valence-electron chi connectivity index (χ2n) is 6.37. The fourth-order valence-corrected chi connectivity index (χ4v) is 3.21. The second-order valence-corrected chi connectivity index (χ2v) is 6.37. The quantitative estimate of drug-likeness (QED) is 0.465. The van der Waals surface area contributed by atoms with Crippen molar-refractivity contribution in [3.63, 3.8) is 0 Å². The van der Waals surface area contributed by atoms with E-state index >= 15 is 0 Å². The Balaban J connectivity index is 1.99. The largest absolute Gasteiger partial charge is 0.494 e. The topological polar surface area (TPSA) is 141 Å². The van der Waals surface area contributed by atoms with Gasteiger partial charge in [0.1, 0.15) is 11.4 Å². The van der Waals surface area contributed by atoms with E-state index in [2.05, 4.69) is 15.1 Å². The third-order valence-corrected chi connectivity index (χ3v) is 4.50. The van der Waals surface area contributed by atoms with E-state index in [0.29, 0.717) is 22.5 Å². The summed E-state index contributed by atoms with van der Waals surface area (Å²) < 4.78 is 7.21. The molecule has 1 aliphatic carbocycles. The summed E-state index contributed by atoms with van der Waals surface area (Å²) in [7, 11) is 1.56. The number of fused-ring (bicyclic) bond motifs is 1. The number of guanidine groups is 1. The van der Waals surface area contributed by atoms with Crippen molar-refractivity contribution in [3.05, 3.63) is 52.1 Å². The van der Waals surface area contributed by atoms with Crippen molar-refractivity contribution in [2.75, 3.05) is 7.11 Å². The van der Waals surface area contributed by atoms with Crippen LogP contribution in [0.15, 0.2) is 40.2 Å². The van der Waals surface area contributed by atoms with E-state index in [1.165, 1.54) is 12.3 Å². The Kier molecular flexibility index (Phi) is 3.91. The number of hydrogen-bond donors (Lipinski definition) is 3. The third kappa shape index (κ3) is 2.92. The lowest BCUT2D eigenvalue weighted by molar-refractivity contribution is 0.100. The van der Waals surface area contributed by atoms with Gasteiger partial charge in [-0.25, -0.2) is 4.68 Å². The lowest BCUT2D eigenvalue weighted by atomic mass is 10.1. The average Bonchev–Trinajstić information content (AvgIpc) is 3.38. The van der Waals surface area contributed by atoms with Gasteiger partial charge in [-0.05, 0) is 31.0 Å². The Morgan fingerprint density at radius 2 is 2.07 bits per heavy atom. The maximum atomic E-state index is 12.4. The molecule has 138 valence electrons. The monoisotopic (exact) mass is 366 g/mol. The number of carbonyl (C=O) groups excluding carboxylic acids is 1. The van der Waals surface area contributed by atoms with Crippen LogP contribution in [0.4, 0.5) is 0 Å². The second kappa shape index (κ2) is 6.27. The van der Waals surface area contributed by atoms with Gasteiger partial charge in [-0.15, -0.1) is 0 Å². The molecular formula is C18H18N6O3. The molecule has 1 saturated carbocycles. The van der Waals surface area contributed by atoms with Crippen molar-refractivity contribution >= 4 is 22.8 Å². The first-order chi connectivity index (χ1) is 13.0. The summed E-state index contributed by atoms with van der Waals surface area (Å²) in [4.78, 5) is 30.6. The van der Waals surface area contributed by atoms with Crippen LogP contribution < -0.4 is 21.8 Å². The highest BCUT2D eigenvalue weighted by molar-refractivity contribution is 6.03. The molecule has 2 aromatic heterocycles. The molecule has 0 saturated heterocycles. The minimum Gasteiger partial charge on any atom is -0.494 e. The van der Waals surface area contributed by atoms with Crippen LogP contribution in [0.2, 0.25) is 0 Å². The molecule has 1 aromatic carbocycles. The van der Waals surface area contributed by atoms with Crippen molar-refractivity contribution in [3.8, 4) is 11.4 Å². The lowest BCUT2D eigenvalue weighted by Crippen LogP contribution is -2.24. The summed E-state index contributed by atoms with van der Waals surface area (Å²) in [5, 5.41) is 5.18. The lowest BCUT2D eigenvalue weighted by Gasteiger charge is -2.15. The molecular weight excluding hydrogens is 348 g/mol. The van der Waals surface area contributed by atoms with Crippen LogP contribution in [0.3, 0.4) is 0 Å². The minimum atomic E-state index is -0.532. The first kappa shape index (κ1) is 16.8. The number of benzene rings is 1. The normalized spacial score (nSPS) is 13.5. The molecule has 27 heavy (non-hydrogen) atoms. The fourth-order valence-electron chi connectivity index (χ4n) is 3.21. The van der Waals surface area contributed by atoms with Crippen LogP contribution in [-0.4, -0.2) is 33.7 Å². The molecule has 9 heteroatoms. The van der Waals surface area contributed by atoms with Gasteiger partial charge in [-0.3, -0.25) is 9.59 Å². The number of aliphatic imine (C=N–C) groups is 1. The zero-order valence-corrected chi connectivity index (χ0v) is 14.6. The number of H-pyrrole nitrogens is 1. The Morgan fingerprint density at radius 3 is 2.74 bits per heavy atom. The first-order valence-corrected chi connectivity index (χ1v) is 8.42. The van der Waals surface area contributed by atoms with E-state index in [1.54, 1.807) is 30.0 Å². The first-order valence-electron chi connectivity index (χ1n) is 8.42. The number of pyridine rings is 1. The molecule has 0 spiro atoms. The highest BCUT2D eigenvalue weighted by atomic mass is 16.5. The fraction of sp³-hybridized carbons (Fsp3) is 0.222. The van der Waals surface area contributed by atoms with Crippen LogP contribution in [0.5, 0.6) is 5.75 Å². The van der Waals surface area contributed by atoms with E-state index in [4.69, 9.17) is 16.2 Å². The maximum absolute atomic E-state index is 12.4. The van der Waals surface area contributed by atoms with Crippen LogP contribution >= 0.6 is 0 Å². The molecule has 1 amide bonds. The summed E-state index contributed by atoms with van der Waals surface area (Å²) in [6, 6.07) is 6.67. The minimum absolute atomic E-state index is 0.184. The smallest absolute Gasteiger partial charge is 0.283 e. The van der Waals surface area contributed by atoms with Gasteiger partial charge in [0, 0.05) is 17.4 Å². The zero-order valence-electron chi connectivity index (χ0n) is 14.6. The van der Waals surface area contributed by atoms with Crippen molar-refractivity contribution in [1.29, 1.82) is 0 Å². The number of nitrogens with one attached hydrogen (secondary N) is 1. The van der Waals surface area contributed by atoms with Gasteiger partial charge in [0.05, 0.1) is 30.1 Å². The van der Waals surface area contributed by atoms with Crippen molar-refractivity contribution < 1.29 is 9.53 Å². The van der Waals surface area contributed by atoms with Crippen LogP contribution in [-0.2, 0) is 0 Å². The van der Waals surface area contributed by atoms with Crippen LogP contribution in [0.1, 0.15) is 34.8 Å². The summed E-state index contributed by atoms with van der Waals surface area (Å²) in [5.74, 6) is -0.0747. The molecule has 3 aromatic rings. The van der Waals surface area contributed by atoms with E-state index in [0.717, 1.165) is 23.9 Å². The van der Waals surface area contributed by atoms with Gasteiger partial charge in [-0.1, -0.05) is 0 Å². The van der Waals surface area contributed by atoms with Crippen molar-refractivity contribution in [2.45, 2.75) is 18.8 Å². The molecule has 5 N–H and O–H groups in total. The summed E-state index contributed by atoms with van der Waals surface area (Å²) >= 11 is 0. The Bertz CT molecular complexity index is 1140. The van der Waals surface area contributed by atoms with Crippen LogP contribution in [0, 0.1) is 0 Å². The molecule has 0 aliphatic heterocycles. The van der Waals surface area contributed by atoms with E-state index in [-0.39, 0.29) is 17.4 Å². The van der Waals surface area contributed by atoms with Gasteiger partial charge in [0.15, 0.2) is 5.96 Å². The molecule has 9 nitrogen and oxygen atoms in total. The van der Waals surface area contributed by atoms with Crippen LogP contribution in [0.25, 0.3) is 16.6 Å². The number of amides is 1. The molecule has 1 aliphatic rings. The summed E-state index contributed by atoms with van der Waals surface area (Å²) in [6.45, 7) is 0. The number of nitrogens with two attached hydrogens (primary N) is 2. The number of ether oxygens (including phenoxy) is 1. The van der Waals surface area contributed by atoms with Crippen molar-refractivity contribution in [2.24, 2.45) is 16.5 Å². The number of nitrogens with zero attached hydrogens (tertiary/aromatic N) is 3. The predicted octanol–water partition coefficient (Wildman–Crippen LogP) is 1.01. The Morgan fingerprint density at radius 1 is 1.30 bits per heavy atom.